The van der Waals surface area contributed by atoms with Gasteiger partial charge in [-0.3, -0.25) is 0 Å². The van der Waals surface area contributed by atoms with Crippen LogP contribution in [0.2, 0.25) is 0 Å². The molecule has 2 N–H and O–H groups in total. The highest BCUT2D eigenvalue weighted by atomic mass is 19.1. The number of nitrogens with two attached hydrogens (primary N) is 1. The molecule has 0 amide bonds. The van der Waals surface area contributed by atoms with Gasteiger partial charge in [-0.15, -0.1) is 0 Å². The molecule has 2 aromatic heterocycles. The zero-order valence-corrected chi connectivity index (χ0v) is 13.8. The lowest BCUT2D eigenvalue weighted by Gasteiger charge is -2.16. The first-order valence-electron chi connectivity index (χ1n) is 7.73. The van der Waals surface area contributed by atoms with Gasteiger partial charge in [-0.2, -0.15) is 0 Å². The average molecular weight is 318 g/mol. The van der Waals surface area contributed by atoms with Crippen molar-refractivity contribution in [3.8, 4) is 17.1 Å². The number of ether oxygens (including phenoxy) is 1. The molecule has 0 radical (unpaired) electrons. The van der Waals surface area contributed by atoms with Gasteiger partial charge in [0.05, 0.1) is 18.0 Å². The molecule has 0 aliphatic heterocycles. The third-order valence-corrected chi connectivity index (χ3v) is 3.42. The molecule has 124 valence electrons. The van der Waals surface area contributed by atoms with Crippen LogP contribution in [0.1, 0.15) is 31.7 Å². The molecular weight excluding hydrogens is 295 g/mol. The van der Waals surface area contributed by atoms with Crippen molar-refractivity contribution < 1.29 is 9.13 Å². The Morgan fingerprint density at radius 3 is 2.65 bits per heavy atom. The minimum atomic E-state index is -0.686. The van der Waals surface area contributed by atoms with E-state index in [9.17, 15) is 4.39 Å². The number of alkyl halides is 1. The molecule has 6 heteroatoms. The standard InChI is InChI=1S/C17H23FN4O/c1-11(6-12(2)19)9-23-17-5-4-14(22-16(17)8-18)15-7-13(3)20-10-21-15/h4-5,7,10-12H,6,8-9,19H2,1-3H3. The Morgan fingerprint density at radius 2 is 2.00 bits per heavy atom. The summed E-state index contributed by atoms with van der Waals surface area (Å²) in [4.78, 5) is 12.5. The monoisotopic (exact) mass is 318 g/mol. The van der Waals surface area contributed by atoms with Crippen LogP contribution in [0.5, 0.6) is 5.75 Å². The van der Waals surface area contributed by atoms with E-state index < -0.39 is 6.67 Å². The fraction of sp³-hybridized carbons (Fsp3) is 0.471. The van der Waals surface area contributed by atoms with Gasteiger partial charge in [0.15, 0.2) is 0 Å². The molecule has 0 bridgehead atoms. The van der Waals surface area contributed by atoms with E-state index in [1.807, 2.05) is 19.9 Å². The minimum Gasteiger partial charge on any atom is -0.491 e. The Bertz CT molecular complexity index is 648. The second-order valence-corrected chi connectivity index (χ2v) is 5.95. The first kappa shape index (κ1) is 17.3. The van der Waals surface area contributed by atoms with Crippen LogP contribution in [0, 0.1) is 12.8 Å². The lowest BCUT2D eigenvalue weighted by molar-refractivity contribution is 0.241. The Labute approximate surface area is 136 Å². The predicted molar refractivity (Wildman–Crippen MR) is 87.7 cm³/mol. The van der Waals surface area contributed by atoms with Gasteiger partial charge in [-0.1, -0.05) is 6.92 Å². The van der Waals surface area contributed by atoms with Crippen molar-refractivity contribution in [3.05, 3.63) is 35.9 Å². The molecule has 0 aliphatic carbocycles. The van der Waals surface area contributed by atoms with Gasteiger partial charge in [0, 0.05) is 11.7 Å². The summed E-state index contributed by atoms with van der Waals surface area (Å²) >= 11 is 0. The molecular formula is C17H23FN4O. The summed E-state index contributed by atoms with van der Waals surface area (Å²) in [7, 11) is 0. The Hall–Kier alpha value is -2.08. The molecule has 0 spiro atoms. The molecule has 2 rings (SSSR count). The molecule has 2 atom stereocenters. The van der Waals surface area contributed by atoms with E-state index in [4.69, 9.17) is 10.5 Å². The average Bonchev–Trinajstić information content (AvgIpc) is 2.52. The van der Waals surface area contributed by atoms with Gasteiger partial charge in [-0.25, -0.2) is 19.3 Å². The van der Waals surface area contributed by atoms with Gasteiger partial charge >= 0.3 is 0 Å². The highest BCUT2D eigenvalue weighted by molar-refractivity contribution is 5.55. The summed E-state index contributed by atoms with van der Waals surface area (Å²) in [6, 6.07) is 5.46. The molecule has 2 unspecified atom stereocenters. The highest BCUT2D eigenvalue weighted by Crippen LogP contribution is 2.24. The van der Waals surface area contributed by atoms with Crippen molar-refractivity contribution in [2.45, 2.75) is 39.9 Å². The molecule has 2 heterocycles. The molecule has 23 heavy (non-hydrogen) atoms. The van der Waals surface area contributed by atoms with Crippen LogP contribution in [0.25, 0.3) is 11.4 Å². The minimum absolute atomic E-state index is 0.121. The molecule has 0 saturated carbocycles. The quantitative estimate of drug-likeness (QED) is 0.849. The van der Waals surface area contributed by atoms with Crippen LogP contribution in [-0.2, 0) is 6.67 Å². The lowest BCUT2D eigenvalue weighted by Crippen LogP contribution is -2.21. The molecule has 0 aromatic carbocycles. The van der Waals surface area contributed by atoms with E-state index in [-0.39, 0.29) is 11.7 Å². The third-order valence-electron chi connectivity index (χ3n) is 3.42. The van der Waals surface area contributed by atoms with E-state index >= 15 is 0 Å². The van der Waals surface area contributed by atoms with Crippen LogP contribution < -0.4 is 10.5 Å². The van der Waals surface area contributed by atoms with E-state index in [1.165, 1.54) is 6.33 Å². The normalized spacial score (nSPS) is 13.6. The Morgan fingerprint density at radius 1 is 1.22 bits per heavy atom. The molecule has 0 aliphatic rings. The van der Waals surface area contributed by atoms with Crippen LogP contribution >= 0.6 is 0 Å². The summed E-state index contributed by atoms with van der Waals surface area (Å²) in [6.07, 6.45) is 2.33. The second-order valence-electron chi connectivity index (χ2n) is 5.95. The Balaban J connectivity index is 2.13. The number of hydrogen-bond donors (Lipinski definition) is 1. The first-order chi connectivity index (χ1) is 11.0. The fourth-order valence-electron chi connectivity index (χ4n) is 2.39. The van der Waals surface area contributed by atoms with Crippen LogP contribution in [0.3, 0.4) is 0 Å². The predicted octanol–water partition coefficient (Wildman–Crippen LogP) is 3.07. The summed E-state index contributed by atoms with van der Waals surface area (Å²) in [5.41, 5.74) is 8.18. The number of nitrogens with zero attached hydrogens (tertiary/aromatic N) is 3. The summed E-state index contributed by atoms with van der Waals surface area (Å²) < 4.78 is 19.0. The fourth-order valence-corrected chi connectivity index (χ4v) is 2.39. The van der Waals surface area contributed by atoms with Crippen LogP contribution in [-0.4, -0.2) is 27.6 Å². The molecule has 5 nitrogen and oxygen atoms in total. The maximum atomic E-state index is 13.3. The number of pyridine rings is 1. The second kappa shape index (κ2) is 7.97. The number of halogens is 1. The number of rotatable bonds is 7. The zero-order valence-electron chi connectivity index (χ0n) is 13.8. The SMILES string of the molecule is Cc1cc(-c2ccc(OCC(C)CC(C)N)c(CF)n2)ncn1. The number of hydrogen-bond acceptors (Lipinski definition) is 5. The van der Waals surface area contributed by atoms with E-state index in [0.717, 1.165) is 12.1 Å². The van der Waals surface area contributed by atoms with Crippen molar-refractivity contribution in [1.29, 1.82) is 0 Å². The largest absolute Gasteiger partial charge is 0.491 e. The van der Waals surface area contributed by atoms with Gasteiger partial charge in [0.25, 0.3) is 0 Å². The van der Waals surface area contributed by atoms with E-state index in [0.29, 0.717) is 29.7 Å². The van der Waals surface area contributed by atoms with Crippen molar-refractivity contribution in [2.75, 3.05) is 6.61 Å². The zero-order chi connectivity index (χ0) is 16.8. The topological polar surface area (TPSA) is 73.9 Å². The maximum Gasteiger partial charge on any atom is 0.143 e. The van der Waals surface area contributed by atoms with Crippen molar-refractivity contribution in [1.82, 2.24) is 15.0 Å². The Kier molecular flexibility index (Phi) is 5.98. The van der Waals surface area contributed by atoms with Gasteiger partial charge < -0.3 is 10.5 Å². The first-order valence-corrected chi connectivity index (χ1v) is 7.73. The van der Waals surface area contributed by atoms with Gasteiger partial charge in [-0.05, 0) is 44.4 Å². The van der Waals surface area contributed by atoms with Gasteiger partial charge in [0.1, 0.15) is 24.4 Å². The summed E-state index contributed by atoms with van der Waals surface area (Å²) in [5, 5.41) is 0. The van der Waals surface area contributed by atoms with Gasteiger partial charge in [0.2, 0.25) is 0 Å². The molecule has 0 saturated heterocycles. The van der Waals surface area contributed by atoms with E-state index in [2.05, 4.69) is 21.9 Å². The van der Waals surface area contributed by atoms with Crippen LogP contribution in [0.4, 0.5) is 4.39 Å². The number of aromatic nitrogens is 3. The summed E-state index contributed by atoms with van der Waals surface area (Å²) in [5.74, 6) is 0.769. The highest BCUT2D eigenvalue weighted by Gasteiger charge is 2.12. The van der Waals surface area contributed by atoms with Crippen molar-refractivity contribution in [3.63, 3.8) is 0 Å². The third kappa shape index (κ3) is 4.96. The molecule has 0 fully saturated rings. The lowest BCUT2D eigenvalue weighted by atomic mass is 10.0. The number of aryl methyl sites for hydroxylation is 1. The van der Waals surface area contributed by atoms with Crippen LogP contribution in [0.15, 0.2) is 24.5 Å². The molecule has 2 aromatic rings. The summed E-state index contributed by atoms with van der Waals surface area (Å²) in [6.45, 7) is 5.70. The van der Waals surface area contributed by atoms with Crippen molar-refractivity contribution in [2.24, 2.45) is 11.7 Å². The smallest absolute Gasteiger partial charge is 0.143 e. The van der Waals surface area contributed by atoms with E-state index in [1.54, 1.807) is 12.1 Å². The van der Waals surface area contributed by atoms with Crippen molar-refractivity contribution >= 4 is 0 Å². The maximum absolute atomic E-state index is 13.3.